The monoisotopic (exact) mass is 307 g/mol. The summed E-state index contributed by atoms with van der Waals surface area (Å²) in [7, 11) is -2.09. The van der Waals surface area contributed by atoms with Gasteiger partial charge in [-0.15, -0.1) is 0 Å². The van der Waals surface area contributed by atoms with E-state index in [2.05, 4.69) is 4.74 Å². The Morgan fingerprint density at radius 1 is 1.20 bits per heavy atom. The summed E-state index contributed by atoms with van der Waals surface area (Å²) < 4.78 is 36.5. The van der Waals surface area contributed by atoms with Gasteiger partial charge in [0.05, 0.1) is 24.1 Å². The zero-order valence-corrected chi connectivity index (χ0v) is 13.7. The summed E-state index contributed by atoms with van der Waals surface area (Å²) >= 11 is 0. The van der Waals surface area contributed by atoms with E-state index in [1.807, 2.05) is 27.7 Å². The Kier molecular flexibility index (Phi) is 5.21. The van der Waals surface area contributed by atoms with Crippen molar-refractivity contribution >= 4 is 16.0 Å². The highest BCUT2D eigenvalue weighted by molar-refractivity contribution is 7.89. The number of ether oxygens (including phenoxy) is 2. The first-order chi connectivity index (χ1) is 8.97. The van der Waals surface area contributed by atoms with Crippen LogP contribution in [0.2, 0.25) is 0 Å². The number of carbonyl (C=O) groups excluding carboxylic acids is 1. The first-order valence-electron chi connectivity index (χ1n) is 6.72. The van der Waals surface area contributed by atoms with Gasteiger partial charge in [-0.1, -0.05) is 0 Å². The lowest BCUT2D eigenvalue weighted by molar-refractivity contribution is -0.164. The summed E-state index contributed by atoms with van der Waals surface area (Å²) in [6.07, 6.45) is 0.389. The van der Waals surface area contributed by atoms with Gasteiger partial charge in [0.15, 0.2) is 0 Å². The van der Waals surface area contributed by atoms with Crippen LogP contribution in [-0.4, -0.2) is 55.8 Å². The molecule has 0 unspecified atom stereocenters. The molecule has 0 N–H and O–H groups in total. The largest absolute Gasteiger partial charge is 0.469 e. The molecule has 1 heterocycles. The third kappa shape index (κ3) is 5.03. The maximum absolute atomic E-state index is 12.3. The van der Waals surface area contributed by atoms with Gasteiger partial charge in [-0.2, -0.15) is 4.31 Å². The van der Waals surface area contributed by atoms with Gasteiger partial charge in [0.2, 0.25) is 10.0 Å². The van der Waals surface area contributed by atoms with E-state index < -0.39 is 21.2 Å². The zero-order valence-electron chi connectivity index (χ0n) is 12.9. The average molecular weight is 307 g/mol. The van der Waals surface area contributed by atoms with Crippen molar-refractivity contribution in [2.24, 2.45) is 0 Å². The Morgan fingerprint density at radius 3 is 2.15 bits per heavy atom. The molecular weight excluding hydrogens is 282 g/mol. The fourth-order valence-electron chi connectivity index (χ4n) is 2.54. The molecule has 0 aromatic carbocycles. The van der Waals surface area contributed by atoms with Gasteiger partial charge in [-0.25, -0.2) is 8.42 Å². The van der Waals surface area contributed by atoms with E-state index in [1.165, 1.54) is 11.4 Å². The van der Waals surface area contributed by atoms with Gasteiger partial charge in [0, 0.05) is 19.5 Å². The summed E-state index contributed by atoms with van der Waals surface area (Å²) in [5.74, 6) is -0.434. The Labute approximate surface area is 121 Å². The molecule has 0 bridgehead atoms. The van der Waals surface area contributed by atoms with E-state index in [4.69, 9.17) is 4.74 Å². The number of sulfonamides is 1. The molecule has 0 radical (unpaired) electrons. The van der Waals surface area contributed by atoms with Crippen molar-refractivity contribution in [1.82, 2.24) is 4.31 Å². The summed E-state index contributed by atoms with van der Waals surface area (Å²) in [6, 6.07) is 0. The number of esters is 1. The third-order valence-corrected chi connectivity index (χ3v) is 4.92. The van der Waals surface area contributed by atoms with Crippen molar-refractivity contribution in [3.8, 4) is 0 Å². The Balaban J connectivity index is 2.69. The van der Waals surface area contributed by atoms with Crippen LogP contribution < -0.4 is 0 Å². The van der Waals surface area contributed by atoms with Gasteiger partial charge in [0.25, 0.3) is 0 Å². The van der Waals surface area contributed by atoms with E-state index in [-0.39, 0.29) is 24.6 Å². The van der Waals surface area contributed by atoms with Crippen molar-refractivity contribution in [2.45, 2.75) is 51.7 Å². The van der Waals surface area contributed by atoms with Crippen molar-refractivity contribution < 1.29 is 22.7 Å². The summed E-state index contributed by atoms with van der Waals surface area (Å²) in [6.45, 7) is 8.18. The molecule has 0 amide bonds. The Morgan fingerprint density at radius 2 is 1.70 bits per heavy atom. The topological polar surface area (TPSA) is 72.9 Å². The number of methoxy groups -OCH3 is 1. The van der Waals surface area contributed by atoms with Crippen molar-refractivity contribution in [3.05, 3.63) is 0 Å². The second-order valence-electron chi connectivity index (χ2n) is 6.39. The molecule has 0 atom stereocenters. The third-order valence-electron chi connectivity index (χ3n) is 3.07. The molecule has 1 aliphatic heterocycles. The predicted molar refractivity (Wildman–Crippen MR) is 75.9 cm³/mol. The minimum absolute atomic E-state index is 0.0474. The van der Waals surface area contributed by atoms with E-state index >= 15 is 0 Å². The molecule has 0 aliphatic carbocycles. The van der Waals surface area contributed by atoms with Crippen molar-refractivity contribution in [2.75, 3.05) is 26.0 Å². The number of hydrogen-bond donors (Lipinski definition) is 0. The smallest absolute Gasteiger partial charge is 0.305 e. The molecule has 0 saturated carbocycles. The van der Waals surface area contributed by atoms with E-state index in [0.717, 1.165) is 0 Å². The van der Waals surface area contributed by atoms with Crippen LogP contribution in [0.25, 0.3) is 0 Å². The molecule has 7 heteroatoms. The van der Waals surface area contributed by atoms with Gasteiger partial charge in [-0.3, -0.25) is 4.79 Å². The lowest BCUT2D eigenvalue weighted by Gasteiger charge is -2.46. The van der Waals surface area contributed by atoms with Gasteiger partial charge in [0.1, 0.15) is 0 Å². The first kappa shape index (κ1) is 17.4. The number of rotatable bonds is 5. The number of hydrogen-bond acceptors (Lipinski definition) is 5. The molecule has 1 fully saturated rings. The van der Waals surface area contributed by atoms with Gasteiger partial charge >= 0.3 is 5.97 Å². The molecule has 20 heavy (non-hydrogen) atoms. The lowest BCUT2D eigenvalue weighted by Crippen LogP contribution is -2.58. The highest BCUT2D eigenvalue weighted by Gasteiger charge is 2.42. The molecule has 1 aliphatic rings. The van der Waals surface area contributed by atoms with Crippen LogP contribution in [0.4, 0.5) is 0 Å². The van der Waals surface area contributed by atoms with Crippen LogP contribution in [0.1, 0.15) is 40.5 Å². The number of nitrogens with zero attached hydrogens (tertiary/aromatic N) is 1. The molecule has 0 aromatic heterocycles. The maximum atomic E-state index is 12.3. The molecule has 0 aromatic rings. The maximum Gasteiger partial charge on any atom is 0.305 e. The molecule has 6 nitrogen and oxygen atoms in total. The van der Waals surface area contributed by atoms with Gasteiger partial charge in [-0.05, 0) is 34.1 Å². The minimum atomic E-state index is -3.38. The highest BCUT2D eigenvalue weighted by Crippen LogP contribution is 2.29. The van der Waals surface area contributed by atoms with E-state index in [1.54, 1.807) is 0 Å². The second kappa shape index (κ2) is 5.99. The average Bonchev–Trinajstić information content (AvgIpc) is 2.24. The van der Waals surface area contributed by atoms with Crippen LogP contribution in [0.5, 0.6) is 0 Å². The summed E-state index contributed by atoms with van der Waals surface area (Å²) in [5.41, 5.74) is -1.03. The molecular formula is C13H25NO5S. The number of morpholine rings is 1. The SMILES string of the molecule is COC(=O)CCCS(=O)(=O)N1CC(C)(C)OC(C)(C)C1. The van der Waals surface area contributed by atoms with Crippen LogP contribution in [-0.2, 0) is 24.3 Å². The zero-order chi connectivity index (χ0) is 15.6. The predicted octanol–water partition coefficient (Wildman–Crippen LogP) is 1.16. The van der Waals surface area contributed by atoms with Crippen molar-refractivity contribution in [3.63, 3.8) is 0 Å². The normalized spacial score (nSPS) is 22.4. The Bertz CT molecular complexity index is 439. The van der Waals surface area contributed by atoms with Crippen LogP contribution in [0.3, 0.4) is 0 Å². The summed E-state index contributed by atoms with van der Waals surface area (Å²) in [4.78, 5) is 11.0. The molecule has 1 saturated heterocycles. The lowest BCUT2D eigenvalue weighted by atomic mass is 10.0. The summed E-state index contributed by atoms with van der Waals surface area (Å²) in [5, 5.41) is 0. The van der Waals surface area contributed by atoms with Gasteiger partial charge < -0.3 is 9.47 Å². The van der Waals surface area contributed by atoms with E-state index in [9.17, 15) is 13.2 Å². The second-order valence-corrected chi connectivity index (χ2v) is 8.47. The van der Waals surface area contributed by atoms with E-state index in [0.29, 0.717) is 13.1 Å². The fraction of sp³-hybridized carbons (Fsp3) is 0.923. The minimum Gasteiger partial charge on any atom is -0.469 e. The molecule has 0 spiro atoms. The first-order valence-corrected chi connectivity index (χ1v) is 8.33. The Hall–Kier alpha value is -0.660. The molecule has 118 valence electrons. The van der Waals surface area contributed by atoms with Crippen molar-refractivity contribution in [1.29, 1.82) is 0 Å². The molecule has 1 rings (SSSR count). The van der Waals surface area contributed by atoms with Crippen LogP contribution in [0.15, 0.2) is 0 Å². The standard InChI is InChI=1S/C13H25NO5S/c1-12(2)9-14(10-13(3,4)19-12)20(16,17)8-6-7-11(15)18-5/h6-10H2,1-5H3. The van der Waals surface area contributed by atoms with Crippen LogP contribution >= 0.6 is 0 Å². The fourth-order valence-corrected chi connectivity index (χ4v) is 4.33. The number of carbonyl (C=O) groups is 1. The van der Waals surface area contributed by atoms with Crippen LogP contribution in [0, 0.1) is 0 Å². The highest BCUT2D eigenvalue weighted by atomic mass is 32.2. The quantitative estimate of drug-likeness (QED) is 0.713.